The highest BCUT2D eigenvalue weighted by Crippen LogP contribution is 2.27. The van der Waals surface area contributed by atoms with Crippen molar-refractivity contribution >= 4 is 29.2 Å². The number of imide groups is 1. The molecule has 1 aliphatic rings. The van der Waals surface area contributed by atoms with Crippen LogP contribution in [0.25, 0.3) is 11.4 Å². The van der Waals surface area contributed by atoms with Gasteiger partial charge in [0.05, 0.1) is 0 Å². The highest BCUT2D eigenvalue weighted by atomic mass is 32.1. The molecule has 0 saturated carbocycles. The van der Waals surface area contributed by atoms with Crippen LogP contribution in [0.1, 0.15) is 24.8 Å². The van der Waals surface area contributed by atoms with E-state index in [9.17, 15) is 14.4 Å². The number of aryl methyl sites for hydroxylation is 1. The number of amides is 4. The molecule has 0 bridgehead atoms. The Labute approximate surface area is 169 Å². The van der Waals surface area contributed by atoms with Gasteiger partial charge in [0.2, 0.25) is 17.6 Å². The summed E-state index contributed by atoms with van der Waals surface area (Å²) in [6, 6.07) is 10.0. The van der Waals surface area contributed by atoms with Gasteiger partial charge in [-0.2, -0.15) is 21.3 Å². The van der Waals surface area contributed by atoms with Gasteiger partial charge in [0, 0.05) is 23.8 Å². The van der Waals surface area contributed by atoms with Crippen molar-refractivity contribution in [3.8, 4) is 11.4 Å². The number of thiophene rings is 1. The molecule has 29 heavy (non-hydrogen) atoms. The van der Waals surface area contributed by atoms with E-state index in [1.165, 1.54) is 11.3 Å². The van der Waals surface area contributed by atoms with Gasteiger partial charge in [-0.1, -0.05) is 35.5 Å². The molecule has 2 aromatic heterocycles. The first-order valence-corrected chi connectivity index (χ1v) is 9.78. The van der Waals surface area contributed by atoms with Gasteiger partial charge in [-0.05, 0) is 23.9 Å². The second kappa shape index (κ2) is 7.47. The summed E-state index contributed by atoms with van der Waals surface area (Å²) in [7, 11) is 0. The van der Waals surface area contributed by atoms with Gasteiger partial charge in [-0.25, -0.2) is 4.79 Å². The van der Waals surface area contributed by atoms with E-state index in [2.05, 4.69) is 20.9 Å². The molecule has 9 nitrogen and oxygen atoms in total. The minimum absolute atomic E-state index is 0.0234. The number of benzene rings is 1. The molecule has 0 radical (unpaired) electrons. The first-order valence-electron chi connectivity index (χ1n) is 8.84. The van der Waals surface area contributed by atoms with E-state index >= 15 is 0 Å². The van der Waals surface area contributed by atoms with Crippen LogP contribution in [0.5, 0.6) is 0 Å². The summed E-state index contributed by atoms with van der Waals surface area (Å²) in [5, 5.41) is 11.0. The summed E-state index contributed by atoms with van der Waals surface area (Å²) in [5.74, 6) is -0.317. The number of urea groups is 1. The number of nitrogens with zero attached hydrogens (tertiary/aromatic N) is 3. The molecule has 4 amide bonds. The lowest BCUT2D eigenvalue weighted by atomic mass is 9.92. The van der Waals surface area contributed by atoms with Crippen LogP contribution < -0.4 is 10.7 Å². The Morgan fingerprint density at radius 2 is 2.07 bits per heavy atom. The maximum absolute atomic E-state index is 12.8. The minimum Gasteiger partial charge on any atom is -0.339 e. The molecule has 1 fully saturated rings. The summed E-state index contributed by atoms with van der Waals surface area (Å²) in [4.78, 5) is 41.5. The third-order valence-electron chi connectivity index (χ3n) is 4.59. The fourth-order valence-electron chi connectivity index (χ4n) is 2.97. The average Bonchev–Trinajstić information content (AvgIpc) is 3.45. The lowest BCUT2D eigenvalue weighted by molar-refractivity contribution is -0.139. The second-order valence-corrected chi connectivity index (χ2v) is 7.40. The lowest BCUT2D eigenvalue weighted by Gasteiger charge is -2.22. The Kier molecular flexibility index (Phi) is 4.85. The van der Waals surface area contributed by atoms with Crippen molar-refractivity contribution in [3.05, 3.63) is 58.6 Å². The molecule has 3 aromatic rings. The number of carbonyl (C=O) groups is 3. The Morgan fingerprint density at radius 3 is 2.79 bits per heavy atom. The predicted molar refractivity (Wildman–Crippen MR) is 103 cm³/mol. The molecule has 3 heterocycles. The van der Waals surface area contributed by atoms with Crippen LogP contribution in [0.2, 0.25) is 0 Å². The van der Waals surface area contributed by atoms with Crippen molar-refractivity contribution in [2.75, 3.05) is 0 Å². The zero-order valence-corrected chi connectivity index (χ0v) is 16.2. The topological polar surface area (TPSA) is 117 Å². The van der Waals surface area contributed by atoms with Crippen molar-refractivity contribution in [1.29, 1.82) is 0 Å². The van der Waals surface area contributed by atoms with Gasteiger partial charge in [0.25, 0.3) is 5.91 Å². The molecule has 4 rings (SSSR count). The Hall–Kier alpha value is -3.53. The molecule has 0 spiro atoms. The van der Waals surface area contributed by atoms with Crippen molar-refractivity contribution in [3.63, 3.8) is 0 Å². The van der Waals surface area contributed by atoms with E-state index in [1.54, 1.807) is 31.2 Å². The molecule has 1 atom stereocenters. The van der Waals surface area contributed by atoms with E-state index < -0.39 is 23.4 Å². The number of hydrazine groups is 1. The Balaban J connectivity index is 1.37. The monoisotopic (exact) mass is 411 g/mol. The molecule has 1 aliphatic heterocycles. The van der Waals surface area contributed by atoms with E-state index in [1.807, 2.05) is 22.9 Å². The van der Waals surface area contributed by atoms with Gasteiger partial charge in [-0.15, -0.1) is 0 Å². The van der Waals surface area contributed by atoms with Crippen molar-refractivity contribution in [2.24, 2.45) is 0 Å². The van der Waals surface area contributed by atoms with Gasteiger partial charge in [0.15, 0.2) is 0 Å². The Morgan fingerprint density at radius 1 is 1.28 bits per heavy atom. The molecular formula is C19H17N5O4S. The summed E-state index contributed by atoms with van der Waals surface area (Å²) in [6.45, 7) is 1.60. The highest BCUT2D eigenvalue weighted by Gasteiger charge is 2.49. The maximum Gasteiger partial charge on any atom is 0.344 e. The number of aromatic nitrogens is 2. The molecule has 1 aromatic carbocycles. The number of rotatable bonds is 6. The summed E-state index contributed by atoms with van der Waals surface area (Å²) in [6.07, 6.45) is 0.160. The highest BCUT2D eigenvalue weighted by molar-refractivity contribution is 7.08. The van der Waals surface area contributed by atoms with Gasteiger partial charge < -0.3 is 9.84 Å². The SMILES string of the molecule is CC1(c2ccccc2)NC(=O)N(NC(=O)CCc2nc(-c3ccsc3)no2)C1=O. The van der Waals surface area contributed by atoms with Crippen LogP contribution >= 0.6 is 11.3 Å². The standard InChI is InChI=1S/C19H17N5O4S/c1-19(13-5-3-2-4-6-13)17(26)24(18(27)21-19)22-14(25)7-8-15-20-16(23-28-15)12-9-10-29-11-12/h2-6,9-11H,7-8H2,1H3,(H,21,27)(H,22,25). The number of carbonyl (C=O) groups excluding carboxylic acids is 3. The fraction of sp³-hybridized carbons (Fsp3) is 0.211. The molecule has 1 unspecified atom stereocenters. The summed E-state index contributed by atoms with van der Waals surface area (Å²) >= 11 is 1.52. The minimum atomic E-state index is -1.24. The van der Waals surface area contributed by atoms with Crippen molar-refractivity contribution in [1.82, 2.24) is 25.9 Å². The quantitative estimate of drug-likeness (QED) is 0.601. The molecular weight excluding hydrogens is 394 g/mol. The first kappa shape index (κ1) is 18.8. The van der Waals surface area contributed by atoms with E-state index in [4.69, 9.17) is 4.52 Å². The molecule has 10 heteroatoms. The van der Waals surface area contributed by atoms with Crippen LogP contribution in [0.3, 0.4) is 0 Å². The number of hydrogen-bond donors (Lipinski definition) is 2. The van der Waals surface area contributed by atoms with E-state index in [0.29, 0.717) is 22.3 Å². The summed E-state index contributed by atoms with van der Waals surface area (Å²) < 4.78 is 5.15. The average molecular weight is 411 g/mol. The third kappa shape index (κ3) is 3.61. The van der Waals surface area contributed by atoms with Crippen molar-refractivity contribution in [2.45, 2.75) is 25.3 Å². The fourth-order valence-corrected chi connectivity index (χ4v) is 3.61. The zero-order valence-electron chi connectivity index (χ0n) is 15.4. The van der Waals surface area contributed by atoms with Crippen LogP contribution in [-0.4, -0.2) is 33.0 Å². The molecule has 1 saturated heterocycles. The normalized spacial score (nSPS) is 18.7. The van der Waals surface area contributed by atoms with Gasteiger partial charge >= 0.3 is 6.03 Å². The van der Waals surface area contributed by atoms with E-state index in [0.717, 1.165) is 5.56 Å². The zero-order chi connectivity index (χ0) is 20.4. The Bertz CT molecular complexity index is 1050. The maximum atomic E-state index is 12.8. The largest absolute Gasteiger partial charge is 0.344 e. The van der Waals surface area contributed by atoms with E-state index in [-0.39, 0.29) is 12.8 Å². The smallest absolute Gasteiger partial charge is 0.339 e. The first-order chi connectivity index (χ1) is 14.0. The van der Waals surface area contributed by atoms with Crippen LogP contribution in [0.15, 0.2) is 51.7 Å². The van der Waals surface area contributed by atoms with Crippen molar-refractivity contribution < 1.29 is 18.9 Å². The third-order valence-corrected chi connectivity index (χ3v) is 5.28. The van der Waals surface area contributed by atoms with Gasteiger partial charge in [0.1, 0.15) is 5.54 Å². The number of hydrogen-bond acceptors (Lipinski definition) is 7. The molecule has 2 N–H and O–H groups in total. The molecule has 0 aliphatic carbocycles. The number of nitrogens with one attached hydrogen (secondary N) is 2. The van der Waals surface area contributed by atoms with Crippen LogP contribution in [0, 0.1) is 0 Å². The lowest BCUT2D eigenvalue weighted by Crippen LogP contribution is -2.48. The summed E-state index contributed by atoms with van der Waals surface area (Å²) in [5.41, 5.74) is 2.58. The predicted octanol–water partition coefficient (Wildman–Crippen LogP) is 2.23. The molecule has 148 valence electrons. The van der Waals surface area contributed by atoms with Crippen LogP contribution in [-0.2, 0) is 21.5 Å². The second-order valence-electron chi connectivity index (χ2n) is 6.62. The van der Waals surface area contributed by atoms with Crippen LogP contribution in [0.4, 0.5) is 4.79 Å². The van der Waals surface area contributed by atoms with Gasteiger partial charge in [-0.3, -0.25) is 15.0 Å².